The summed E-state index contributed by atoms with van der Waals surface area (Å²) in [5, 5.41) is 0. The Kier molecular flexibility index (Phi) is 1.69. The van der Waals surface area contributed by atoms with Gasteiger partial charge in [0.1, 0.15) is 0 Å². The van der Waals surface area contributed by atoms with Crippen molar-refractivity contribution in [3.63, 3.8) is 0 Å². The fourth-order valence-corrected chi connectivity index (χ4v) is 0.795. The topological polar surface area (TPSA) is 48.6 Å². The molecule has 0 spiro atoms. The Bertz CT molecular complexity index is 311. The van der Waals surface area contributed by atoms with Crippen molar-refractivity contribution in [1.29, 1.82) is 0 Å². The number of aromatic nitrogens is 2. The predicted molar refractivity (Wildman–Crippen MR) is 35.1 cm³/mol. The summed E-state index contributed by atoms with van der Waals surface area (Å²) in [5.74, 6) is 0. The van der Waals surface area contributed by atoms with Crippen LogP contribution < -0.4 is 5.56 Å². The Hall–Kier alpha value is -0.601. The van der Waals surface area contributed by atoms with Crippen molar-refractivity contribution in [2.75, 3.05) is 0 Å². The van der Waals surface area contributed by atoms with E-state index >= 15 is 0 Å². The fraction of sp³-hybridized carbons (Fsp3) is 0.200. The van der Waals surface area contributed by atoms with Crippen LogP contribution in [0.3, 0.4) is 0 Å². The molecule has 0 fully saturated rings. The van der Waals surface area contributed by atoms with Gasteiger partial charge in [0.2, 0.25) is 0 Å². The maximum atomic E-state index is 10.7. The van der Waals surface area contributed by atoms with Crippen LogP contribution in [0.5, 0.6) is 0 Å². The number of aromatic amines is 2. The molecule has 0 atom stereocenters. The Morgan fingerprint density at radius 3 is 2.78 bits per heavy atom. The standard InChI is InChI=1S/C5H6N2OSe/c1-3-2-6-5(9)7-4(3)8/h2H,1H3,(H2,6,7,8,9). The Labute approximate surface area is 59.5 Å². The van der Waals surface area contributed by atoms with Gasteiger partial charge in [-0.1, -0.05) is 0 Å². The van der Waals surface area contributed by atoms with E-state index in [0.717, 1.165) is 0 Å². The van der Waals surface area contributed by atoms with Crippen LogP contribution in [0.15, 0.2) is 11.0 Å². The number of rotatable bonds is 0. The van der Waals surface area contributed by atoms with E-state index in [1.165, 1.54) is 0 Å². The van der Waals surface area contributed by atoms with Crippen LogP contribution in [0.1, 0.15) is 5.56 Å². The van der Waals surface area contributed by atoms with Gasteiger partial charge in [0.15, 0.2) is 0 Å². The van der Waals surface area contributed by atoms with Crippen LogP contribution in [-0.4, -0.2) is 25.5 Å². The van der Waals surface area contributed by atoms with Crippen LogP contribution in [0.25, 0.3) is 0 Å². The van der Waals surface area contributed by atoms with Crippen LogP contribution in [0, 0.1) is 11.2 Å². The van der Waals surface area contributed by atoms with Gasteiger partial charge < -0.3 is 0 Å². The van der Waals surface area contributed by atoms with E-state index in [1.807, 2.05) is 0 Å². The van der Waals surface area contributed by atoms with E-state index in [1.54, 1.807) is 13.1 Å². The van der Waals surface area contributed by atoms with E-state index in [2.05, 4.69) is 25.5 Å². The van der Waals surface area contributed by atoms with Gasteiger partial charge >= 0.3 is 58.9 Å². The Morgan fingerprint density at radius 2 is 2.33 bits per heavy atom. The molecule has 9 heavy (non-hydrogen) atoms. The summed E-state index contributed by atoms with van der Waals surface area (Å²) in [6.45, 7) is 1.74. The van der Waals surface area contributed by atoms with Gasteiger partial charge in [0.25, 0.3) is 0 Å². The van der Waals surface area contributed by atoms with Crippen LogP contribution in [0.2, 0.25) is 0 Å². The van der Waals surface area contributed by atoms with E-state index in [4.69, 9.17) is 0 Å². The van der Waals surface area contributed by atoms with Crippen molar-refractivity contribution >= 4 is 15.6 Å². The Morgan fingerprint density at radius 1 is 1.67 bits per heavy atom. The van der Waals surface area contributed by atoms with Gasteiger partial charge in [-0.3, -0.25) is 0 Å². The summed E-state index contributed by atoms with van der Waals surface area (Å²) < 4.78 is 0.658. The molecule has 0 bridgehead atoms. The van der Waals surface area contributed by atoms with E-state index in [-0.39, 0.29) is 5.56 Å². The van der Waals surface area contributed by atoms with Crippen molar-refractivity contribution in [2.24, 2.45) is 0 Å². The molecule has 0 saturated carbocycles. The molecule has 1 rings (SSSR count). The quantitative estimate of drug-likeness (QED) is 0.541. The first-order valence-corrected chi connectivity index (χ1v) is 3.34. The molecule has 2 N–H and O–H groups in total. The molecule has 1 aromatic heterocycles. The molecule has 0 aliphatic carbocycles. The second kappa shape index (κ2) is 2.33. The van der Waals surface area contributed by atoms with Crippen LogP contribution >= 0.6 is 0 Å². The minimum atomic E-state index is -0.0532. The van der Waals surface area contributed by atoms with E-state index in [0.29, 0.717) is 9.89 Å². The van der Waals surface area contributed by atoms with E-state index in [9.17, 15) is 4.79 Å². The minimum absolute atomic E-state index is 0.0532. The summed E-state index contributed by atoms with van der Waals surface area (Å²) in [6.07, 6.45) is 1.66. The number of hydrogen-bond acceptors (Lipinski definition) is 1. The third-order valence-corrected chi connectivity index (χ3v) is 1.47. The second-order valence-corrected chi connectivity index (χ2v) is 2.61. The molecule has 3 nitrogen and oxygen atoms in total. The SMILES string of the molecule is Cc1c[nH]c(=[Se])[nH]c1=O. The van der Waals surface area contributed by atoms with Gasteiger partial charge in [-0.2, -0.15) is 0 Å². The number of hydrogen-bond donors (Lipinski definition) is 2. The number of nitrogens with one attached hydrogen (secondary N) is 2. The van der Waals surface area contributed by atoms with Crippen molar-refractivity contribution in [1.82, 2.24) is 9.97 Å². The molecule has 0 saturated heterocycles. The molecule has 0 aliphatic rings. The van der Waals surface area contributed by atoms with Crippen molar-refractivity contribution in [3.05, 3.63) is 26.4 Å². The van der Waals surface area contributed by atoms with Gasteiger partial charge in [-0.05, 0) is 0 Å². The molecule has 0 aromatic carbocycles. The average Bonchev–Trinajstić information content (AvgIpc) is 1.80. The predicted octanol–water partition coefficient (Wildman–Crippen LogP) is -0.288. The third-order valence-electron chi connectivity index (χ3n) is 1.00. The monoisotopic (exact) mass is 190 g/mol. The summed E-state index contributed by atoms with van der Waals surface area (Å²) in [7, 11) is 0. The maximum absolute atomic E-state index is 10.7. The molecule has 0 radical (unpaired) electrons. The molecule has 1 heterocycles. The third kappa shape index (κ3) is 1.40. The summed E-state index contributed by atoms with van der Waals surface area (Å²) in [6, 6.07) is 0. The first kappa shape index (κ1) is 6.52. The second-order valence-electron chi connectivity index (χ2n) is 1.75. The van der Waals surface area contributed by atoms with Gasteiger partial charge in [-0.25, -0.2) is 0 Å². The van der Waals surface area contributed by atoms with Gasteiger partial charge in [0.05, 0.1) is 0 Å². The number of H-pyrrole nitrogens is 2. The molecule has 0 aliphatic heterocycles. The fourth-order valence-electron chi connectivity index (χ4n) is 0.477. The zero-order valence-electron chi connectivity index (χ0n) is 4.89. The zero-order valence-corrected chi connectivity index (χ0v) is 6.61. The average molecular weight is 189 g/mol. The van der Waals surface area contributed by atoms with Crippen molar-refractivity contribution in [2.45, 2.75) is 6.92 Å². The van der Waals surface area contributed by atoms with Crippen molar-refractivity contribution < 1.29 is 0 Å². The molecule has 0 amide bonds. The normalized spacial score (nSPS) is 9.44. The summed E-state index contributed by atoms with van der Waals surface area (Å²) in [4.78, 5) is 16.1. The zero-order chi connectivity index (χ0) is 6.85. The molecule has 0 unspecified atom stereocenters. The molecule has 1 aromatic rings. The van der Waals surface area contributed by atoms with Crippen LogP contribution in [0.4, 0.5) is 0 Å². The van der Waals surface area contributed by atoms with Gasteiger partial charge in [0, 0.05) is 0 Å². The van der Waals surface area contributed by atoms with Crippen molar-refractivity contribution in [3.8, 4) is 0 Å². The van der Waals surface area contributed by atoms with E-state index < -0.39 is 0 Å². The first-order chi connectivity index (χ1) is 4.20. The molecular weight excluding hydrogens is 183 g/mol. The number of aryl methyl sites for hydroxylation is 1. The Balaban J connectivity index is 3.52. The van der Waals surface area contributed by atoms with Gasteiger partial charge in [-0.15, -0.1) is 0 Å². The van der Waals surface area contributed by atoms with Crippen LogP contribution in [-0.2, 0) is 0 Å². The molecule has 48 valence electrons. The summed E-state index contributed by atoms with van der Waals surface area (Å²) >= 11 is 2.66. The molecular formula is C5H6N2OSe. The molecule has 4 heteroatoms. The first-order valence-electron chi connectivity index (χ1n) is 2.49. The summed E-state index contributed by atoms with van der Waals surface area (Å²) in [5.41, 5.74) is 0.636.